The first kappa shape index (κ1) is 17.3. The Kier molecular flexibility index (Phi) is 5.65. The summed E-state index contributed by atoms with van der Waals surface area (Å²) in [4.78, 5) is 12.7. The van der Waals surface area contributed by atoms with Crippen LogP contribution in [-0.4, -0.2) is 26.4 Å². The van der Waals surface area contributed by atoms with E-state index in [0.29, 0.717) is 11.6 Å². The second-order valence-corrected chi connectivity index (χ2v) is 6.59. The van der Waals surface area contributed by atoms with Crippen molar-refractivity contribution < 1.29 is 4.79 Å². The van der Waals surface area contributed by atoms with Gasteiger partial charge < -0.3 is 11.1 Å². The van der Waals surface area contributed by atoms with Gasteiger partial charge in [-0.2, -0.15) is 0 Å². The number of hydrogen-bond acceptors (Lipinski definition) is 5. The minimum Gasteiger partial charge on any atom is -0.368 e. The van der Waals surface area contributed by atoms with E-state index >= 15 is 0 Å². The minimum atomic E-state index is -0.430. The van der Waals surface area contributed by atoms with Crippen LogP contribution in [0.4, 0.5) is 11.6 Å². The number of thioether (sulfide) groups is 1. The zero-order valence-corrected chi connectivity index (χ0v) is 14.8. The molecule has 23 heavy (non-hydrogen) atoms. The summed E-state index contributed by atoms with van der Waals surface area (Å²) in [5, 5.41) is 11.6. The minimum absolute atomic E-state index is 0.111. The lowest BCUT2D eigenvalue weighted by molar-refractivity contribution is -0.119. The van der Waals surface area contributed by atoms with E-state index in [-0.39, 0.29) is 11.9 Å². The van der Waals surface area contributed by atoms with E-state index < -0.39 is 6.04 Å². The largest absolute Gasteiger partial charge is 0.368 e. The molecule has 1 amide bonds. The zero-order chi connectivity index (χ0) is 17.0. The number of carbonyl (C=O) groups excluding carboxylic acids is 1. The number of anilines is 2. The van der Waals surface area contributed by atoms with Crippen molar-refractivity contribution in [3.63, 3.8) is 0 Å². The third-order valence-electron chi connectivity index (χ3n) is 3.74. The van der Waals surface area contributed by atoms with Gasteiger partial charge in [-0.15, -0.1) is 10.2 Å². The van der Waals surface area contributed by atoms with Crippen molar-refractivity contribution in [1.82, 2.24) is 14.8 Å². The summed E-state index contributed by atoms with van der Waals surface area (Å²) in [6, 6.07) is 5.44. The molecule has 1 atom stereocenters. The van der Waals surface area contributed by atoms with Crippen LogP contribution in [0, 0.1) is 13.8 Å². The van der Waals surface area contributed by atoms with Crippen LogP contribution in [0.1, 0.15) is 37.4 Å². The molecule has 2 aromatic rings. The van der Waals surface area contributed by atoms with Crippen LogP contribution in [0.5, 0.6) is 0 Å². The standard InChI is InChI=1S/C16H23N5OS/c1-5-13(21-15(17)19-20-16(21)23-6-2)14(22)18-12-8-7-10(3)11(4)9-12/h7-9,13H,5-6H2,1-4H3,(H2,17,19)(H,18,22)/t13-/m1/s1. The summed E-state index contributed by atoms with van der Waals surface area (Å²) in [6.45, 7) is 8.04. The Morgan fingerprint density at radius 3 is 2.65 bits per heavy atom. The highest BCUT2D eigenvalue weighted by molar-refractivity contribution is 7.99. The highest BCUT2D eigenvalue weighted by Gasteiger charge is 2.24. The third kappa shape index (κ3) is 3.85. The maximum Gasteiger partial charge on any atom is 0.247 e. The number of amides is 1. The average Bonchev–Trinajstić information content (AvgIpc) is 2.86. The Morgan fingerprint density at radius 2 is 2.04 bits per heavy atom. The van der Waals surface area contributed by atoms with Gasteiger partial charge in [-0.25, -0.2) is 0 Å². The molecule has 0 saturated heterocycles. The summed E-state index contributed by atoms with van der Waals surface area (Å²) >= 11 is 1.52. The molecule has 2 rings (SSSR count). The van der Waals surface area contributed by atoms with Gasteiger partial charge >= 0.3 is 0 Å². The quantitative estimate of drug-likeness (QED) is 0.793. The topological polar surface area (TPSA) is 85.8 Å². The fourth-order valence-corrected chi connectivity index (χ4v) is 3.06. The van der Waals surface area contributed by atoms with Gasteiger partial charge in [0.15, 0.2) is 5.16 Å². The molecular weight excluding hydrogens is 310 g/mol. The molecule has 124 valence electrons. The summed E-state index contributed by atoms with van der Waals surface area (Å²) in [5.74, 6) is 0.996. The van der Waals surface area contributed by atoms with Gasteiger partial charge in [0, 0.05) is 5.69 Å². The fourth-order valence-electron chi connectivity index (χ4n) is 2.34. The second kappa shape index (κ2) is 7.50. The maximum atomic E-state index is 12.7. The molecule has 7 heteroatoms. The summed E-state index contributed by atoms with van der Waals surface area (Å²) in [5.41, 5.74) is 9.04. The van der Waals surface area contributed by atoms with Crippen molar-refractivity contribution >= 4 is 29.3 Å². The summed E-state index contributed by atoms with van der Waals surface area (Å²) in [7, 11) is 0. The second-order valence-electron chi connectivity index (χ2n) is 5.36. The number of nitrogens with two attached hydrogens (primary N) is 1. The molecule has 1 aromatic carbocycles. The molecule has 0 aliphatic rings. The van der Waals surface area contributed by atoms with Crippen LogP contribution in [0.3, 0.4) is 0 Å². The van der Waals surface area contributed by atoms with Crippen molar-refractivity contribution in [3.05, 3.63) is 29.3 Å². The monoisotopic (exact) mass is 333 g/mol. The zero-order valence-electron chi connectivity index (χ0n) is 14.0. The molecule has 0 fully saturated rings. The number of nitrogen functional groups attached to an aromatic ring is 1. The molecule has 1 heterocycles. The van der Waals surface area contributed by atoms with E-state index in [4.69, 9.17) is 5.73 Å². The van der Waals surface area contributed by atoms with Crippen LogP contribution >= 0.6 is 11.8 Å². The number of carbonyl (C=O) groups is 1. The molecule has 0 unspecified atom stereocenters. The number of nitrogens with one attached hydrogen (secondary N) is 1. The molecule has 3 N–H and O–H groups in total. The molecule has 0 bridgehead atoms. The van der Waals surface area contributed by atoms with E-state index in [0.717, 1.165) is 17.0 Å². The first-order valence-electron chi connectivity index (χ1n) is 7.69. The maximum absolute atomic E-state index is 12.7. The molecule has 1 aromatic heterocycles. The van der Waals surface area contributed by atoms with Crippen LogP contribution in [0.2, 0.25) is 0 Å². The van der Waals surface area contributed by atoms with E-state index in [1.807, 2.05) is 45.9 Å². The van der Waals surface area contributed by atoms with Gasteiger partial charge in [0.25, 0.3) is 0 Å². The Hall–Kier alpha value is -2.02. The Morgan fingerprint density at radius 1 is 1.30 bits per heavy atom. The first-order chi connectivity index (χ1) is 11.0. The molecule has 0 aliphatic carbocycles. The number of hydrogen-bond donors (Lipinski definition) is 2. The van der Waals surface area contributed by atoms with Crippen LogP contribution in [0.25, 0.3) is 0 Å². The van der Waals surface area contributed by atoms with Crippen molar-refractivity contribution in [2.24, 2.45) is 0 Å². The van der Waals surface area contributed by atoms with E-state index in [9.17, 15) is 4.79 Å². The van der Waals surface area contributed by atoms with Gasteiger partial charge in [-0.3, -0.25) is 9.36 Å². The fraction of sp³-hybridized carbons (Fsp3) is 0.438. The van der Waals surface area contributed by atoms with Crippen molar-refractivity contribution in [2.45, 2.75) is 45.3 Å². The predicted octanol–water partition coefficient (Wildman–Crippen LogP) is 3.18. The first-order valence-corrected chi connectivity index (χ1v) is 8.67. The lowest BCUT2D eigenvalue weighted by atomic mass is 10.1. The van der Waals surface area contributed by atoms with Gasteiger partial charge in [-0.05, 0) is 49.3 Å². The normalized spacial score (nSPS) is 12.2. The van der Waals surface area contributed by atoms with Crippen molar-refractivity contribution in [3.8, 4) is 0 Å². The molecule has 0 saturated carbocycles. The van der Waals surface area contributed by atoms with E-state index in [2.05, 4.69) is 15.5 Å². The Balaban J connectivity index is 2.25. The van der Waals surface area contributed by atoms with E-state index in [1.54, 1.807) is 4.57 Å². The number of aromatic nitrogens is 3. The predicted molar refractivity (Wildman–Crippen MR) is 94.7 cm³/mol. The molecule has 0 aliphatic heterocycles. The lowest BCUT2D eigenvalue weighted by Gasteiger charge is -2.19. The van der Waals surface area contributed by atoms with E-state index in [1.165, 1.54) is 17.3 Å². The number of aryl methyl sites for hydroxylation is 2. The van der Waals surface area contributed by atoms with Crippen molar-refractivity contribution in [2.75, 3.05) is 16.8 Å². The SMILES string of the molecule is CCSc1nnc(N)n1[C@H](CC)C(=O)Nc1ccc(C)c(C)c1. The van der Waals surface area contributed by atoms with Gasteiger partial charge in [0.05, 0.1) is 0 Å². The van der Waals surface area contributed by atoms with Crippen LogP contribution in [0.15, 0.2) is 23.4 Å². The van der Waals surface area contributed by atoms with Crippen LogP contribution < -0.4 is 11.1 Å². The smallest absolute Gasteiger partial charge is 0.247 e. The van der Waals surface area contributed by atoms with Crippen LogP contribution in [-0.2, 0) is 4.79 Å². The third-order valence-corrected chi connectivity index (χ3v) is 4.57. The Bertz CT molecular complexity index is 698. The van der Waals surface area contributed by atoms with Gasteiger partial charge in [0.2, 0.25) is 11.9 Å². The van der Waals surface area contributed by atoms with Gasteiger partial charge in [-0.1, -0.05) is 31.7 Å². The summed E-state index contributed by atoms with van der Waals surface area (Å²) in [6.07, 6.45) is 0.607. The molecule has 0 spiro atoms. The van der Waals surface area contributed by atoms with Crippen molar-refractivity contribution in [1.29, 1.82) is 0 Å². The lowest BCUT2D eigenvalue weighted by Crippen LogP contribution is -2.27. The average molecular weight is 333 g/mol. The Labute approximate surface area is 140 Å². The number of nitrogens with zero attached hydrogens (tertiary/aromatic N) is 3. The molecule has 0 radical (unpaired) electrons. The number of rotatable bonds is 6. The molecule has 6 nitrogen and oxygen atoms in total. The van der Waals surface area contributed by atoms with Gasteiger partial charge in [0.1, 0.15) is 6.04 Å². The number of benzene rings is 1. The molecular formula is C16H23N5OS. The highest BCUT2D eigenvalue weighted by atomic mass is 32.2. The summed E-state index contributed by atoms with van der Waals surface area (Å²) < 4.78 is 1.71. The highest BCUT2D eigenvalue weighted by Crippen LogP contribution is 2.26.